The van der Waals surface area contributed by atoms with Gasteiger partial charge in [-0.15, -0.1) is 0 Å². The molecule has 1 aliphatic carbocycles. The number of ether oxygens (including phenoxy) is 2. The fourth-order valence-corrected chi connectivity index (χ4v) is 4.31. The third-order valence-corrected chi connectivity index (χ3v) is 6.10. The van der Waals surface area contributed by atoms with E-state index in [0.717, 1.165) is 25.7 Å². The standard InChI is InChI=1S/C24H27ClN2O4/c1-15(2)21(27-22(28)17-8-4-5-9-18(17)25)23(29)26-16-10-11-19-20(14-16)31-24(30-19)12-6-3-7-13-24/h4-5,8-11,14-15,21H,3,6-7,12-13H2,1-2H3,(H,26,29)(H,27,28)/t21-/m0/s1. The van der Waals surface area contributed by atoms with Gasteiger partial charge in [-0.1, -0.05) is 44.0 Å². The average molecular weight is 443 g/mol. The Morgan fingerprint density at radius 1 is 1.00 bits per heavy atom. The van der Waals surface area contributed by atoms with Crippen molar-refractivity contribution in [2.45, 2.75) is 57.8 Å². The smallest absolute Gasteiger partial charge is 0.253 e. The third-order valence-electron chi connectivity index (χ3n) is 5.77. The van der Waals surface area contributed by atoms with Crippen LogP contribution < -0.4 is 20.1 Å². The van der Waals surface area contributed by atoms with E-state index in [2.05, 4.69) is 10.6 Å². The number of amides is 2. The van der Waals surface area contributed by atoms with Crippen molar-refractivity contribution < 1.29 is 19.1 Å². The molecule has 1 atom stereocenters. The number of benzene rings is 2. The van der Waals surface area contributed by atoms with E-state index in [1.807, 2.05) is 19.9 Å². The minimum atomic E-state index is -0.723. The Balaban J connectivity index is 1.45. The summed E-state index contributed by atoms with van der Waals surface area (Å²) in [6.45, 7) is 3.76. The Kier molecular flexibility index (Phi) is 6.10. The zero-order chi connectivity index (χ0) is 22.0. The quantitative estimate of drug-likeness (QED) is 0.670. The predicted molar refractivity (Wildman–Crippen MR) is 120 cm³/mol. The number of rotatable bonds is 5. The van der Waals surface area contributed by atoms with Crippen LogP contribution in [0.2, 0.25) is 5.02 Å². The number of hydrogen-bond acceptors (Lipinski definition) is 4. The van der Waals surface area contributed by atoms with E-state index < -0.39 is 11.8 Å². The van der Waals surface area contributed by atoms with Crippen LogP contribution in [0.1, 0.15) is 56.3 Å². The van der Waals surface area contributed by atoms with Gasteiger partial charge in [-0.25, -0.2) is 0 Å². The largest absolute Gasteiger partial charge is 0.448 e. The van der Waals surface area contributed by atoms with Crippen LogP contribution in [0.4, 0.5) is 5.69 Å². The van der Waals surface area contributed by atoms with E-state index in [1.54, 1.807) is 36.4 Å². The molecule has 164 valence electrons. The number of halogens is 1. The van der Waals surface area contributed by atoms with Crippen LogP contribution in [0.3, 0.4) is 0 Å². The highest BCUT2D eigenvalue weighted by Gasteiger charge is 2.42. The second-order valence-corrected chi connectivity index (χ2v) is 8.91. The van der Waals surface area contributed by atoms with Crippen molar-refractivity contribution in [3.63, 3.8) is 0 Å². The summed E-state index contributed by atoms with van der Waals surface area (Å²) in [5.41, 5.74) is 0.932. The predicted octanol–water partition coefficient (Wildman–Crippen LogP) is 5.16. The maximum atomic E-state index is 13.0. The number of carbonyl (C=O) groups excluding carboxylic acids is 2. The Labute approximate surface area is 187 Å². The molecule has 1 saturated carbocycles. The molecule has 7 heteroatoms. The molecule has 2 amide bonds. The zero-order valence-electron chi connectivity index (χ0n) is 17.7. The van der Waals surface area contributed by atoms with Gasteiger partial charge >= 0.3 is 0 Å². The van der Waals surface area contributed by atoms with E-state index >= 15 is 0 Å². The molecule has 1 heterocycles. The molecule has 4 rings (SSSR count). The second kappa shape index (κ2) is 8.79. The zero-order valence-corrected chi connectivity index (χ0v) is 18.5. The fraction of sp³-hybridized carbons (Fsp3) is 0.417. The number of hydrogen-bond donors (Lipinski definition) is 2. The highest BCUT2D eigenvalue weighted by Crippen LogP contribution is 2.46. The average Bonchev–Trinajstić information content (AvgIpc) is 3.08. The van der Waals surface area contributed by atoms with Crippen LogP contribution in [0.25, 0.3) is 0 Å². The van der Waals surface area contributed by atoms with Gasteiger partial charge in [-0.05, 0) is 43.0 Å². The van der Waals surface area contributed by atoms with Gasteiger partial charge in [-0.2, -0.15) is 0 Å². The summed E-state index contributed by atoms with van der Waals surface area (Å²) in [7, 11) is 0. The van der Waals surface area contributed by atoms with E-state index in [4.69, 9.17) is 21.1 Å². The lowest BCUT2D eigenvalue weighted by molar-refractivity contribution is -0.118. The van der Waals surface area contributed by atoms with E-state index in [-0.39, 0.29) is 17.7 Å². The normalized spacial score (nSPS) is 17.4. The second-order valence-electron chi connectivity index (χ2n) is 8.50. The van der Waals surface area contributed by atoms with Gasteiger partial charge < -0.3 is 20.1 Å². The third kappa shape index (κ3) is 4.64. The van der Waals surface area contributed by atoms with Crippen molar-refractivity contribution in [2.24, 2.45) is 5.92 Å². The molecule has 0 unspecified atom stereocenters. The molecule has 2 aromatic carbocycles. The monoisotopic (exact) mass is 442 g/mol. The van der Waals surface area contributed by atoms with Crippen LogP contribution in [-0.2, 0) is 4.79 Å². The van der Waals surface area contributed by atoms with Gasteiger partial charge in [0.1, 0.15) is 6.04 Å². The molecule has 2 aliphatic rings. The van der Waals surface area contributed by atoms with E-state index in [0.29, 0.717) is 27.8 Å². The van der Waals surface area contributed by atoms with E-state index in [1.165, 1.54) is 6.42 Å². The molecule has 1 aliphatic heterocycles. The molecule has 31 heavy (non-hydrogen) atoms. The first-order valence-corrected chi connectivity index (χ1v) is 11.1. The molecule has 0 bridgehead atoms. The van der Waals surface area contributed by atoms with Gasteiger partial charge in [-0.3, -0.25) is 9.59 Å². The molecule has 2 N–H and O–H groups in total. The van der Waals surface area contributed by atoms with Crippen LogP contribution in [0, 0.1) is 5.92 Å². The molecular formula is C24H27ClN2O4. The van der Waals surface area contributed by atoms with Crippen LogP contribution in [0.15, 0.2) is 42.5 Å². The molecule has 1 spiro atoms. The lowest BCUT2D eigenvalue weighted by atomic mass is 9.94. The number of fused-ring (bicyclic) bond motifs is 1. The molecular weight excluding hydrogens is 416 g/mol. The topological polar surface area (TPSA) is 76.7 Å². The number of carbonyl (C=O) groups is 2. The Morgan fingerprint density at radius 2 is 1.71 bits per heavy atom. The summed E-state index contributed by atoms with van der Waals surface area (Å²) in [5.74, 6) is -0.0303. The molecule has 6 nitrogen and oxygen atoms in total. The summed E-state index contributed by atoms with van der Waals surface area (Å²) >= 11 is 6.12. The van der Waals surface area contributed by atoms with Crippen molar-refractivity contribution in [3.8, 4) is 11.5 Å². The summed E-state index contributed by atoms with van der Waals surface area (Å²) in [6.07, 6.45) is 5.10. The summed E-state index contributed by atoms with van der Waals surface area (Å²) in [4.78, 5) is 25.6. The van der Waals surface area contributed by atoms with Gasteiger partial charge in [0, 0.05) is 24.6 Å². The molecule has 0 radical (unpaired) electrons. The fourth-order valence-electron chi connectivity index (χ4n) is 4.09. The number of nitrogens with one attached hydrogen (secondary N) is 2. The van der Waals surface area contributed by atoms with Gasteiger partial charge in [0.2, 0.25) is 5.91 Å². The highest BCUT2D eigenvalue weighted by atomic mass is 35.5. The Hall–Kier alpha value is -2.73. The van der Waals surface area contributed by atoms with Crippen LogP contribution >= 0.6 is 11.6 Å². The molecule has 0 saturated heterocycles. The van der Waals surface area contributed by atoms with Crippen molar-refractivity contribution in [1.29, 1.82) is 0 Å². The van der Waals surface area contributed by atoms with Gasteiger partial charge in [0.25, 0.3) is 11.7 Å². The minimum Gasteiger partial charge on any atom is -0.448 e. The van der Waals surface area contributed by atoms with Gasteiger partial charge in [0.05, 0.1) is 10.6 Å². The SMILES string of the molecule is CC(C)[C@H](NC(=O)c1ccccc1Cl)C(=O)Nc1ccc2c(c1)OC1(CCCCC1)O2. The lowest BCUT2D eigenvalue weighted by Crippen LogP contribution is -2.47. The van der Waals surface area contributed by atoms with E-state index in [9.17, 15) is 9.59 Å². The van der Waals surface area contributed by atoms with Crippen LogP contribution in [0.5, 0.6) is 11.5 Å². The van der Waals surface area contributed by atoms with Crippen LogP contribution in [-0.4, -0.2) is 23.6 Å². The number of anilines is 1. The van der Waals surface area contributed by atoms with Crippen molar-refractivity contribution >= 4 is 29.1 Å². The minimum absolute atomic E-state index is 0.119. The summed E-state index contributed by atoms with van der Waals surface area (Å²) in [5, 5.41) is 6.04. The Bertz CT molecular complexity index is 985. The van der Waals surface area contributed by atoms with Gasteiger partial charge in [0.15, 0.2) is 11.5 Å². The van der Waals surface area contributed by atoms with Crippen molar-refractivity contribution in [1.82, 2.24) is 5.32 Å². The first-order valence-electron chi connectivity index (χ1n) is 10.8. The first-order chi connectivity index (χ1) is 14.9. The Morgan fingerprint density at radius 3 is 2.42 bits per heavy atom. The lowest BCUT2D eigenvalue weighted by Gasteiger charge is -2.31. The van der Waals surface area contributed by atoms with Crippen molar-refractivity contribution in [3.05, 3.63) is 53.1 Å². The molecule has 2 aromatic rings. The first kappa shape index (κ1) is 21.5. The molecule has 0 aromatic heterocycles. The summed E-state index contributed by atoms with van der Waals surface area (Å²) < 4.78 is 12.2. The summed E-state index contributed by atoms with van der Waals surface area (Å²) in [6, 6.07) is 11.4. The molecule has 1 fully saturated rings. The highest BCUT2D eigenvalue weighted by molar-refractivity contribution is 6.33. The maximum absolute atomic E-state index is 13.0. The van der Waals surface area contributed by atoms with Crippen molar-refractivity contribution in [2.75, 3.05) is 5.32 Å². The maximum Gasteiger partial charge on any atom is 0.253 e.